The van der Waals surface area contributed by atoms with Crippen LogP contribution >= 0.6 is 15.9 Å². The zero-order valence-electron chi connectivity index (χ0n) is 14.5. The predicted octanol–water partition coefficient (Wildman–Crippen LogP) is 3.00. The van der Waals surface area contributed by atoms with Crippen molar-refractivity contribution in [2.75, 3.05) is 13.7 Å². The van der Waals surface area contributed by atoms with Gasteiger partial charge in [0.05, 0.1) is 36.2 Å². The Balaban J connectivity index is 1.59. The Morgan fingerprint density at radius 2 is 1.88 bits per heavy atom. The molecule has 26 heavy (non-hydrogen) atoms. The van der Waals surface area contributed by atoms with Crippen LogP contribution in [0.2, 0.25) is 0 Å². The lowest BCUT2D eigenvalue weighted by molar-refractivity contribution is -0.140. The van der Waals surface area contributed by atoms with Gasteiger partial charge in [0.15, 0.2) is 11.5 Å². The number of hydrogen-bond acceptors (Lipinski definition) is 5. The second-order valence-corrected chi connectivity index (χ2v) is 7.55. The summed E-state index contributed by atoms with van der Waals surface area (Å²) in [6.07, 6.45) is 6.56. The van der Waals surface area contributed by atoms with E-state index in [9.17, 15) is 9.59 Å². The summed E-state index contributed by atoms with van der Waals surface area (Å²) in [6.45, 7) is 2.38. The molecule has 2 fully saturated rings. The van der Waals surface area contributed by atoms with Crippen molar-refractivity contribution in [3.63, 3.8) is 0 Å². The summed E-state index contributed by atoms with van der Waals surface area (Å²) in [5, 5.41) is 5.24. The van der Waals surface area contributed by atoms with Crippen LogP contribution in [0.25, 0.3) is 0 Å². The number of methoxy groups -OCH3 is 1. The van der Waals surface area contributed by atoms with Crippen LogP contribution in [-0.4, -0.2) is 36.8 Å². The topological polar surface area (TPSA) is 68.2 Å². The Labute approximate surface area is 160 Å². The van der Waals surface area contributed by atoms with Gasteiger partial charge in [-0.3, -0.25) is 9.59 Å². The summed E-state index contributed by atoms with van der Waals surface area (Å²) in [5.74, 6) is 0.671. The van der Waals surface area contributed by atoms with Gasteiger partial charge in [-0.1, -0.05) is 12.2 Å². The Morgan fingerprint density at radius 1 is 1.23 bits per heavy atom. The molecule has 1 aromatic rings. The minimum Gasteiger partial charge on any atom is -0.492 e. The van der Waals surface area contributed by atoms with Crippen molar-refractivity contribution in [1.82, 2.24) is 5.01 Å². The maximum absolute atomic E-state index is 12.6. The van der Waals surface area contributed by atoms with Crippen LogP contribution in [0, 0.1) is 23.7 Å². The first-order valence-corrected chi connectivity index (χ1v) is 9.45. The number of nitrogens with zero attached hydrogens (tertiary/aromatic N) is 2. The molecule has 1 aromatic carbocycles. The Morgan fingerprint density at radius 3 is 2.46 bits per heavy atom. The van der Waals surface area contributed by atoms with Gasteiger partial charge in [-0.2, -0.15) is 10.1 Å². The highest BCUT2D eigenvalue weighted by atomic mass is 79.9. The summed E-state index contributed by atoms with van der Waals surface area (Å²) < 4.78 is 11.6. The monoisotopic (exact) mass is 418 g/mol. The van der Waals surface area contributed by atoms with E-state index in [0.717, 1.165) is 11.4 Å². The summed E-state index contributed by atoms with van der Waals surface area (Å²) in [7, 11) is 1.57. The van der Waals surface area contributed by atoms with Crippen LogP contribution in [0.15, 0.2) is 33.9 Å². The van der Waals surface area contributed by atoms with E-state index in [1.165, 1.54) is 6.21 Å². The lowest BCUT2D eigenvalue weighted by Gasteiger charge is -2.13. The number of hydrazone groups is 1. The lowest BCUT2D eigenvalue weighted by Crippen LogP contribution is -2.28. The van der Waals surface area contributed by atoms with Crippen LogP contribution < -0.4 is 9.47 Å². The van der Waals surface area contributed by atoms with Crippen LogP contribution in [0.3, 0.4) is 0 Å². The van der Waals surface area contributed by atoms with E-state index in [4.69, 9.17) is 9.47 Å². The van der Waals surface area contributed by atoms with Crippen molar-refractivity contribution < 1.29 is 19.1 Å². The standard InChI is InChI=1S/C19H19BrN2O4/c1-3-26-14-7-10(6-13(20)17(14)25-2)9-21-22-18(23)15-11-4-5-12(8-11)16(15)19(22)24/h4-7,9,11-12,15-16H,3,8H2,1-2H3/b21-9-/t11-,12-,15+,16+/m0/s1. The molecule has 1 saturated carbocycles. The molecule has 136 valence electrons. The number of imide groups is 1. The molecule has 3 aliphatic rings. The van der Waals surface area contributed by atoms with Gasteiger partial charge < -0.3 is 9.47 Å². The summed E-state index contributed by atoms with van der Waals surface area (Å²) in [5.41, 5.74) is 0.708. The molecular formula is C19H19BrN2O4. The predicted molar refractivity (Wildman–Crippen MR) is 99.0 cm³/mol. The molecule has 1 heterocycles. The fourth-order valence-electron chi connectivity index (χ4n) is 4.25. The number of carbonyl (C=O) groups is 2. The molecule has 0 N–H and O–H groups in total. The van der Waals surface area contributed by atoms with Crippen LogP contribution in [-0.2, 0) is 9.59 Å². The third-order valence-corrected chi connectivity index (χ3v) is 5.89. The van der Waals surface area contributed by atoms with Gasteiger partial charge in [0, 0.05) is 0 Å². The van der Waals surface area contributed by atoms with E-state index in [-0.39, 0.29) is 35.5 Å². The van der Waals surface area contributed by atoms with Crippen LogP contribution in [0.4, 0.5) is 0 Å². The number of fused-ring (bicyclic) bond motifs is 5. The zero-order valence-corrected chi connectivity index (χ0v) is 16.1. The quantitative estimate of drug-likeness (QED) is 0.418. The first-order valence-electron chi connectivity index (χ1n) is 8.65. The normalized spacial score (nSPS) is 29.1. The largest absolute Gasteiger partial charge is 0.492 e. The van der Waals surface area contributed by atoms with E-state index >= 15 is 0 Å². The number of halogens is 1. The van der Waals surface area contributed by atoms with Crippen molar-refractivity contribution in [1.29, 1.82) is 0 Å². The highest BCUT2D eigenvalue weighted by Crippen LogP contribution is 2.52. The number of allylic oxidation sites excluding steroid dienone is 2. The number of hydrogen-bond donors (Lipinski definition) is 0. The number of amides is 2. The van der Waals surface area contributed by atoms with Crippen molar-refractivity contribution >= 4 is 34.0 Å². The third-order valence-electron chi connectivity index (χ3n) is 5.31. The molecule has 2 bridgehead atoms. The van der Waals surface area contributed by atoms with Crippen LogP contribution in [0.5, 0.6) is 11.5 Å². The molecule has 2 amide bonds. The smallest absolute Gasteiger partial charge is 0.254 e. The fraction of sp³-hybridized carbons (Fsp3) is 0.421. The maximum Gasteiger partial charge on any atom is 0.254 e. The molecule has 7 heteroatoms. The number of rotatable bonds is 5. The van der Waals surface area contributed by atoms with Crippen LogP contribution in [0.1, 0.15) is 18.9 Å². The van der Waals surface area contributed by atoms with Crippen molar-refractivity contribution in [2.45, 2.75) is 13.3 Å². The van der Waals surface area contributed by atoms with E-state index in [2.05, 4.69) is 33.2 Å². The molecule has 2 aliphatic carbocycles. The molecule has 0 unspecified atom stereocenters. The van der Waals surface area contributed by atoms with Crippen molar-refractivity contribution in [2.24, 2.45) is 28.8 Å². The van der Waals surface area contributed by atoms with E-state index < -0.39 is 0 Å². The zero-order chi connectivity index (χ0) is 18.4. The molecule has 1 saturated heterocycles. The number of benzene rings is 1. The van der Waals surface area contributed by atoms with Crippen molar-refractivity contribution in [3.8, 4) is 11.5 Å². The second-order valence-electron chi connectivity index (χ2n) is 6.70. The minimum absolute atomic E-state index is 0.182. The summed E-state index contributed by atoms with van der Waals surface area (Å²) in [4.78, 5) is 25.3. The first-order chi connectivity index (χ1) is 12.5. The Bertz CT molecular complexity index is 805. The van der Waals surface area contributed by atoms with Gasteiger partial charge in [0.1, 0.15) is 0 Å². The van der Waals surface area contributed by atoms with E-state index in [0.29, 0.717) is 28.1 Å². The van der Waals surface area contributed by atoms with E-state index in [1.54, 1.807) is 13.2 Å². The maximum atomic E-state index is 12.6. The first kappa shape index (κ1) is 17.3. The fourth-order valence-corrected chi connectivity index (χ4v) is 4.87. The van der Waals surface area contributed by atoms with Gasteiger partial charge in [-0.05, 0) is 58.8 Å². The second kappa shape index (κ2) is 6.54. The van der Waals surface area contributed by atoms with Gasteiger partial charge in [-0.25, -0.2) is 0 Å². The highest BCUT2D eigenvalue weighted by Gasteiger charge is 2.59. The molecule has 0 radical (unpaired) electrons. The van der Waals surface area contributed by atoms with Gasteiger partial charge >= 0.3 is 0 Å². The lowest BCUT2D eigenvalue weighted by atomic mass is 9.85. The SMILES string of the molecule is CCOc1cc(/C=N\N2C(=O)[C@H]3[C@H](C2=O)[C@H]2C=C[C@H]3C2)cc(Br)c1OC. The summed E-state index contributed by atoms with van der Waals surface area (Å²) >= 11 is 3.45. The Kier molecular flexibility index (Phi) is 4.34. The van der Waals surface area contributed by atoms with Gasteiger partial charge in [-0.15, -0.1) is 0 Å². The molecule has 4 rings (SSSR count). The van der Waals surface area contributed by atoms with Gasteiger partial charge in [0.2, 0.25) is 0 Å². The number of carbonyl (C=O) groups excluding carboxylic acids is 2. The molecule has 6 nitrogen and oxygen atoms in total. The average Bonchev–Trinajstić information content (AvgIpc) is 3.28. The highest BCUT2D eigenvalue weighted by molar-refractivity contribution is 9.10. The molecule has 4 atom stereocenters. The molecular weight excluding hydrogens is 400 g/mol. The average molecular weight is 419 g/mol. The number of ether oxygens (including phenoxy) is 2. The van der Waals surface area contributed by atoms with Crippen molar-refractivity contribution in [3.05, 3.63) is 34.3 Å². The Hall–Kier alpha value is -2.15. The molecule has 1 aliphatic heterocycles. The third kappa shape index (κ3) is 2.57. The van der Waals surface area contributed by atoms with E-state index in [1.807, 2.05) is 13.0 Å². The van der Waals surface area contributed by atoms with Gasteiger partial charge in [0.25, 0.3) is 11.8 Å². The molecule has 0 aromatic heterocycles. The molecule has 0 spiro atoms. The summed E-state index contributed by atoms with van der Waals surface area (Å²) in [6, 6.07) is 3.58. The minimum atomic E-state index is -0.240.